The molecule has 4 heteroatoms. The Kier molecular flexibility index (Phi) is 5.96. The average Bonchev–Trinajstić information content (AvgIpc) is 2.27. The van der Waals surface area contributed by atoms with Crippen LogP contribution in [0.5, 0.6) is 5.75 Å². The molecule has 0 aliphatic heterocycles. The Labute approximate surface area is 109 Å². The molecule has 1 aromatic carbocycles. The third-order valence-corrected chi connectivity index (χ3v) is 3.03. The fraction of sp³-hybridized carbons (Fsp3) is 0.538. The average molecular weight is 260 g/mol. The molecular formula is C13H22ClNO2. The van der Waals surface area contributed by atoms with Crippen molar-refractivity contribution in [2.45, 2.75) is 26.8 Å². The van der Waals surface area contributed by atoms with Gasteiger partial charge in [0.2, 0.25) is 0 Å². The molecule has 0 aliphatic carbocycles. The number of benzene rings is 1. The van der Waals surface area contributed by atoms with Gasteiger partial charge in [-0.15, -0.1) is 12.4 Å². The lowest BCUT2D eigenvalue weighted by molar-refractivity contribution is 0.132. The Morgan fingerprint density at radius 3 is 2.41 bits per heavy atom. The minimum Gasteiger partial charge on any atom is -0.496 e. The van der Waals surface area contributed by atoms with E-state index in [9.17, 15) is 5.11 Å². The monoisotopic (exact) mass is 259 g/mol. The molecule has 0 heterocycles. The highest BCUT2D eigenvalue weighted by Crippen LogP contribution is 2.32. The zero-order valence-electron chi connectivity index (χ0n) is 10.9. The predicted octanol–water partition coefficient (Wildman–Crippen LogP) is 2.44. The number of halogens is 1. The van der Waals surface area contributed by atoms with Gasteiger partial charge in [-0.1, -0.05) is 26.0 Å². The number of aliphatic hydroxyl groups is 1. The number of nitrogens with two attached hydrogens (primary N) is 1. The van der Waals surface area contributed by atoms with Crippen LogP contribution in [0.3, 0.4) is 0 Å². The van der Waals surface area contributed by atoms with Crippen LogP contribution in [-0.2, 0) is 0 Å². The molecule has 98 valence electrons. The van der Waals surface area contributed by atoms with Crippen molar-refractivity contribution in [3.05, 3.63) is 29.3 Å². The molecule has 1 aromatic rings. The standard InChI is InChI=1S/C13H21NO2.ClH/c1-9-7-10(5-6-11(9)16-4)12(14)13(2,3)8-15;/h5-7,12,15H,8,14H2,1-4H3;1H/t12-;/m1./s1. The number of aryl methyl sites for hydroxylation is 1. The highest BCUT2D eigenvalue weighted by molar-refractivity contribution is 5.85. The summed E-state index contributed by atoms with van der Waals surface area (Å²) in [5.41, 5.74) is 7.91. The number of hydrogen-bond acceptors (Lipinski definition) is 3. The summed E-state index contributed by atoms with van der Waals surface area (Å²) in [6.45, 7) is 5.97. The number of hydrogen-bond donors (Lipinski definition) is 2. The Morgan fingerprint density at radius 1 is 1.41 bits per heavy atom. The molecule has 0 amide bonds. The maximum absolute atomic E-state index is 9.29. The van der Waals surface area contributed by atoms with Gasteiger partial charge >= 0.3 is 0 Å². The van der Waals surface area contributed by atoms with E-state index in [0.29, 0.717) is 0 Å². The predicted molar refractivity (Wildman–Crippen MR) is 72.8 cm³/mol. The minimum absolute atomic E-state index is 0. The molecule has 1 atom stereocenters. The summed E-state index contributed by atoms with van der Waals surface area (Å²) in [6, 6.07) is 5.70. The van der Waals surface area contributed by atoms with Crippen molar-refractivity contribution in [1.29, 1.82) is 0 Å². The van der Waals surface area contributed by atoms with Crippen molar-refractivity contribution >= 4 is 12.4 Å². The molecule has 0 bridgehead atoms. The fourth-order valence-electron chi connectivity index (χ4n) is 1.64. The van der Waals surface area contributed by atoms with Gasteiger partial charge in [-0.3, -0.25) is 0 Å². The van der Waals surface area contributed by atoms with Crippen LogP contribution in [0, 0.1) is 12.3 Å². The summed E-state index contributed by atoms with van der Waals surface area (Å²) in [5.74, 6) is 0.859. The van der Waals surface area contributed by atoms with Crippen molar-refractivity contribution in [2.24, 2.45) is 11.1 Å². The lowest BCUT2D eigenvalue weighted by atomic mass is 9.81. The first-order valence-electron chi connectivity index (χ1n) is 5.43. The number of aliphatic hydroxyl groups excluding tert-OH is 1. The molecule has 0 spiro atoms. The molecule has 0 saturated carbocycles. The Hall–Kier alpha value is -0.770. The summed E-state index contributed by atoms with van der Waals surface area (Å²) in [7, 11) is 1.65. The van der Waals surface area contributed by atoms with E-state index in [1.807, 2.05) is 39.0 Å². The van der Waals surface area contributed by atoms with Crippen LogP contribution >= 0.6 is 12.4 Å². The summed E-state index contributed by atoms with van der Waals surface area (Å²) >= 11 is 0. The van der Waals surface area contributed by atoms with Gasteiger partial charge in [0.15, 0.2) is 0 Å². The third-order valence-electron chi connectivity index (χ3n) is 3.03. The van der Waals surface area contributed by atoms with Crippen LogP contribution in [0.2, 0.25) is 0 Å². The molecule has 0 saturated heterocycles. The van der Waals surface area contributed by atoms with E-state index in [1.54, 1.807) is 7.11 Å². The van der Waals surface area contributed by atoms with Gasteiger partial charge in [0.05, 0.1) is 7.11 Å². The van der Waals surface area contributed by atoms with Gasteiger partial charge < -0.3 is 15.6 Å². The smallest absolute Gasteiger partial charge is 0.121 e. The van der Waals surface area contributed by atoms with Gasteiger partial charge in [-0.2, -0.15) is 0 Å². The molecule has 0 fully saturated rings. The first-order chi connectivity index (χ1) is 7.42. The maximum Gasteiger partial charge on any atom is 0.121 e. The molecule has 0 aromatic heterocycles. The highest BCUT2D eigenvalue weighted by Gasteiger charge is 2.27. The lowest BCUT2D eigenvalue weighted by Gasteiger charge is -2.30. The molecule has 0 radical (unpaired) electrons. The second-order valence-corrected chi connectivity index (χ2v) is 4.85. The van der Waals surface area contributed by atoms with Crippen molar-refractivity contribution in [3.63, 3.8) is 0 Å². The van der Waals surface area contributed by atoms with Crippen LogP contribution in [0.4, 0.5) is 0 Å². The highest BCUT2D eigenvalue weighted by atomic mass is 35.5. The molecule has 3 N–H and O–H groups in total. The Morgan fingerprint density at radius 2 is 2.00 bits per heavy atom. The fourth-order valence-corrected chi connectivity index (χ4v) is 1.64. The first-order valence-corrected chi connectivity index (χ1v) is 5.43. The van der Waals surface area contributed by atoms with E-state index in [2.05, 4.69) is 0 Å². The van der Waals surface area contributed by atoms with E-state index >= 15 is 0 Å². The van der Waals surface area contributed by atoms with Crippen LogP contribution in [0.15, 0.2) is 18.2 Å². The second-order valence-electron chi connectivity index (χ2n) is 4.85. The Bertz CT molecular complexity index is 366. The zero-order valence-corrected chi connectivity index (χ0v) is 11.7. The SMILES string of the molecule is COc1ccc([C@@H](N)C(C)(C)CO)cc1C.Cl. The summed E-state index contributed by atoms with van der Waals surface area (Å²) in [5, 5.41) is 9.29. The topological polar surface area (TPSA) is 55.5 Å². The van der Waals surface area contributed by atoms with E-state index in [-0.39, 0.29) is 30.5 Å². The Balaban J connectivity index is 0.00000256. The summed E-state index contributed by atoms with van der Waals surface area (Å²) < 4.78 is 5.20. The number of methoxy groups -OCH3 is 1. The van der Waals surface area contributed by atoms with Crippen molar-refractivity contribution in [3.8, 4) is 5.75 Å². The molecule has 0 aliphatic rings. The van der Waals surface area contributed by atoms with E-state index in [1.165, 1.54) is 0 Å². The van der Waals surface area contributed by atoms with Gasteiger partial charge in [0.1, 0.15) is 5.75 Å². The maximum atomic E-state index is 9.29. The normalized spacial score (nSPS) is 12.8. The van der Waals surface area contributed by atoms with Gasteiger partial charge in [-0.25, -0.2) is 0 Å². The van der Waals surface area contributed by atoms with E-state index in [0.717, 1.165) is 16.9 Å². The van der Waals surface area contributed by atoms with Crippen molar-refractivity contribution in [2.75, 3.05) is 13.7 Å². The van der Waals surface area contributed by atoms with Gasteiger partial charge in [-0.05, 0) is 24.1 Å². The second kappa shape index (κ2) is 6.24. The van der Waals surface area contributed by atoms with Crippen LogP contribution < -0.4 is 10.5 Å². The molecular weight excluding hydrogens is 238 g/mol. The molecule has 1 rings (SSSR count). The third kappa shape index (κ3) is 3.60. The largest absolute Gasteiger partial charge is 0.496 e. The number of rotatable bonds is 4. The zero-order chi connectivity index (χ0) is 12.3. The minimum atomic E-state index is -0.318. The summed E-state index contributed by atoms with van der Waals surface area (Å²) in [6.07, 6.45) is 0. The molecule has 17 heavy (non-hydrogen) atoms. The first kappa shape index (κ1) is 16.2. The number of ether oxygens (including phenoxy) is 1. The molecule has 0 unspecified atom stereocenters. The van der Waals surface area contributed by atoms with Crippen LogP contribution in [0.1, 0.15) is 31.0 Å². The van der Waals surface area contributed by atoms with Crippen LogP contribution in [-0.4, -0.2) is 18.8 Å². The van der Waals surface area contributed by atoms with Gasteiger partial charge in [0, 0.05) is 18.1 Å². The van der Waals surface area contributed by atoms with E-state index < -0.39 is 0 Å². The molecule has 3 nitrogen and oxygen atoms in total. The quantitative estimate of drug-likeness (QED) is 0.873. The lowest BCUT2D eigenvalue weighted by Crippen LogP contribution is -2.32. The van der Waals surface area contributed by atoms with Crippen molar-refractivity contribution in [1.82, 2.24) is 0 Å². The van der Waals surface area contributed by atoms with Crippen LogP contribution in [0.25, 0.3) is 0 Å². The van der Waals surface area contributed by atoms with Gasteiger partial charge in [0.25, 0.3) is 0 Å². The van der Waals surface area contributed by atoms with E-state index in [4.69, 9.17) is 10.5 Å². The summed E-state index contributed by atoms with van der Waals surface area (Å²) in [4.78, 5) is 0. The van der Waals surface area contributed by atoms with Crippen molar-refractivity contribution < 1.29 is 9.84 Å².